The Hall–Kier alpha value is -2.16. The summed E-state index contributed by atoms with van der Waals surface area (Å²) in [6.45, 7) is 2.13. The largest absolute Gasteiger partial charge is 0.265 e. The number of hydrogen-bond acceptors (Lipinski definition) is 2. The number of aryl methyl sites for hydroxylation is 1. The van der Waals surface area contributed by atoms with Crippen molar-refractivity contribution in [2.75, 3.05) is 6.54 Å². The van der Waals surface area contributed by atoms with Gasteiger partial charge >= 0.3 is 0 Å². The molecular weight excluding hydrogens is 238 g/mol. The smallest absolute Gasteiger partial charge is 0.207 e. The van der Waals surface area contributed by atoms with Crippen molar-refractivity contribution in [1.82, 2.24) is 0 Å². The van der Waals surface area contributed by atoms with E-state index in [1.807, 2.05) is 24.3 Å². The lowest BCUT2D eigenvalue weighted by Crippen LogP contribution is -2.03. The second-order valence-corrected chi connectivity index (χ2v) is 4.55. The van der Waals surface area contributed by atoms with Crippen LogP contribution in [0.15, 0.2) is 48.5 Å². The summed E-state index contributed by atoms with van der Waals surface area (Å²) in [7, 11) is 0. The van der Waals surface area contributed by atoms with Gasteiger partial charge in [-0.25, -0.2) is 0 Å². The van der Waals surface area contributed by atoms with Gasteiger partial charge in [-0.2, -0.15) is 0 Å². The number of nitrogens with zero attached hydrogens (tertiary/aromatic N) is 1. The Balaban J connectivity index is 2.10. The molecule has 0 N–H and O–H groups in total. The lowest BCUT2D eigenvalue weighted by Gasteiger charge is -2.04. The third-order valence-corrected chi connectivity index (χ3v) is 3.23. The molecular formula is C16H17NO2. The average molecular weight is 255 g/mol. The topological polar surface area (TPSA) is 43.1 Å². The van der Waals surface area contributed by atoms with Gasteiger partial charge in [0.25, 0.3) is 0 Å². The number of hydrogen-bond donors (Lipinski definition) is 0. The van der Waals surface area contributed by atoms with Crippen LogP contribution in [0.5, 0.6) is 0 Å². The van der Waals surface area contributed by atoms with Crippen molar-refractivity contribution in [2.45, 2.75) is 19.8 Å². The SMILES string of the molecule is CCc1ccc(-c2ccc(CC[N+](=O)[O-])cc2)cc1. The first-order valence-corrected chi connectivity index (χ1v) is 6.49. The highest BCUT2D eigenvalue weighted by molar-refractivity contribution is 5.63. The molecule has 0 saturated carbocycles. The van der Waals surface area contributed by atoms with E-state index in [9.17, 15) is 10.1 Å². The minimum absolute atomic E-state index is 0.00938. The molecule has 0 aliphatic heterocycles. The minimum Gasteiger partial charge on any atom is -0.265 e. The van der Waals surface area contributed by atoms with E-state index in [1.165, 1.54) is 11.1 Å². The van der Waals surface area contributed by atoms with Gasteiger partial charge in [-0.15, -0.1) is 0 Å². The highest BCUT2D eigenvalue weighted by Crippen LogP contribution is 2.20. The van der Waals surface area contributed by atoms with Crippen molar-refractivity contribution in [1.29, 1.82) is 0 Å². The van der Waals surface area contributed by atoms with E-state index >= 15 is 0 Å². The van der Waals surface area contributed by atoms with E-state index < -0.39 is 0 Å². The van der Waals surface area contributed by atoms with Crippen LogP contribution in [0, 0.1) is 10.1 Å². The fourth-order valence-electron chi connectivity index (χ4n) is 2.02. The van der Waals surface area contributed by atoms with E-state index in [1.54, 1.807) is 0 Å². The summed E-state index contributed by atoms with van der Waals surface area (Å²) in [5.74, 6) is 0. The maximum atomic E-state index is 10.3. The molecule has 0 aliphatic carbocycles. The molecule has 0 aromatic heterocycles. The monoisotopic (exact) mass is 255 g/mol. The Morgan fingerprint density at radius 2 is 1.37 bits per heavy atom. The third kappa shape index (κ3) is 3.65. The normalized spacial score (nSPS) is 10.4. The summed E-state index contributed by atoms with van der Waals surface area (Å²) in [5.41, 5.74) is 4.66. The van der Waals surface area contributed by atoms with Crippen molar-refractivity contribution >= 4 is 0 Å². The van der Waals surface area contributed by atoms with Gasteiger partial charge in [0.15, 0.2) is 0 Å². The zero-order valence-electron chi connectivity index (χ0n) is 11.0. The zero-order valence-corrected chi connectivity index (χ0v) is 11.0. The van der Waals surface area contributed by atoms with Crippen LogP contribution in [0.4, 0.5) is 0 Å². The van der Waals surface area contributed by atoms with Gasteiger partial charge in [0, 0.05) is 11.3 Å². The molecule has 0 spiro atoms. The van der Waals surface area contributed by atoms with Crippen LogP contribution in [0.1, 0.15) is 18.1 Å². The lowest BCUT2D eigenvalue weighted by molar-refractivity contribution is -0.479. The summed E-state index contributed by atoms with van der Waals surface area (Å²) in [6.07, 6.45) is 1.53. The van der Waals surface area contributed by atoms with Crippen molar-refractivity contribution in [3.8, 4) is 11.1 Å². The van der Waals surface area contributed by atoms with E-state index in [0.29, 0.717) is 6.42 Å². The molecule has 0 amide bonds. The van der Waals surface area contributed by atoms with Gasteiger partial charge in [-0.1, -0.05) is 55.5 Å². The summed E-state index contributed by atoms with van der Waals surface area (Å²) in [5, 5.41) is 10.3. The van der Waals surface area contributed by atoms with E-state index in [0.717, 1.165) is 17.5 Å². The van der Waals surface area contributed by atoms with E-state index in [-0.39, 0.29) is 11.5 Å². The number of benzene rings is 2. The molecule has 0 heterocycles. The summed E-state index contributed by atoms with van der Waals surface area (Å²) in [6, 6.07) is 16.5. The lowest BCUT2D eigenvalue weighted by atomic mass is 10.0. The van der Waals surface area contributed by atoms with Crippen LogP contribution in [-0.4, -0.2) is 11.5 Å². The van der Waals surface area contributed by atoms with Gasteiger partial charge in [-0.05, 0) is 28.7 Å². The second kappa shape index (κ2) is 6.14. The fourth-order valence-corrected chi connectivity index (χ4v) is 2.02. The first kappa shape index (κ1) is 13.3. The molecule has 98 valence electrons. The van der Waals surface area contributed by atoms with Gasteiger partial charge in [0.2, 0.25) is 6.54 Å². The zero-order chi connectivity index (χ0) is 13.7. The highest BCUT2D eigenvalue weighted by atomic mass is 16.6. The number of nitro groups is 1. The van der Waals surface area contributed by atoms with Crippen LogP contribution >= 0.6 is 0 Å². The van der Waals surface area contributed by atoms with E-state index in [2.05, 4.69) is 31.2 Å². The van der Waals surface area contributed by atoms with Crippen molar-refractivity contribution in [3.05, 3.63) is 69.8 Å². The molecule has 3 heteroatoms. The molecule has 0 fully saturated rings. The minimum atomic E-state index is -0.280. The molecule has 0 unspecified atom stereocenters. The second-order valence-electron chi connectivity index (χ2n) is 4.55. The Kier molecular flexibility index (Phi) is 4.29. The molecule has 0 radical (unpaired) electrons. The van der Waals surface area contributed by atoms with Gasteiger partial charge in [0.1, 0.15) is 0 Å². The van der Waals surface area contributed by atoms with Gasteiger partial charge < -0.3 is 0 Å². The average Bonchev–Trinajstić information content (AvgIpc) is 2.46. The summed E-state index contributed by atoms with van der Waals surface area (Å²) >= 11 is 0. The molecule has 2 aromatic rings. The molecule has 0 bridgehead atoms. The Labute approximate surface area is 113 Å². The molecule has 2 rings (SSSR count). The van der Waals surface area contributed by atoms with Gasteiger partial charge in [0.05, 0.1) is 0 Å². The maximum absolute atomic E-state index is 10.3. The molecule has 2 aromatic carbocycles. The number of rotatable bonds is 5. The highest BCUT2D eigenvalue weighted by Gasteiger charge is 2.01. The van der Waals surface area contributed by atoms with Crippen LogP contribution in [0.25, 0.3) is 11.1 Å². The third-order valence-electron chi connectivity index (χ3n) is 3.23. The van der Waals surface area contributed by atoms with Crippen LogP contribution in [0.2, 0.25) is 0 Å². The van der Waals surface area contributed by atoms with Crippen LogP contribution in [0.3, 0.4) is 0 Å². The molecule has 19 heavy (non-hydrogen) atoms. The maximum Gasteiger partial charge on any atom is 0.207 e. The summed E-state index contributed by atoms with van der Waals surface area (Å²) < 4.78 is 0. The first-order valence-electron chi connectivity index (χ1n) is 6.49. The van der Waals surface area contributed by atoms with Crippen molar-refractivity contribution in [2.24, 2.45) is 0 Å². The predicted octanol–water partition coefficient (Wildman–Crippen LogP) is 3.74. The Bertz CT molecular complexity index is 544. The first-order chi connectivity index (χ1) is 9.19. The van der Waals surface area contributed by atoms with E-state index in [4.69, 9.17) is 0 Å². The molecule has 0 saturated heterocycles. The van der Waals surface area contributed by atoms with Crippen molar-refractivity contribution < 1.29 is 4.92 Å². The molecule has 3 nitrogen and oxygen atoms in total. The van der Waals surface area contributed by atoms with Crippen LogP contribution < -0.4 is 0 Å². The van der Waals surface area contributed by atoms with Crippen LogP contribution in [-0.2, 0) is 12.8 Å². The predicted molar refractivity (Wildman–Crippen MR) is 76.8 cm³/mol. The molecule has 0 aliphatic rings. The fraction of sp³-hybridized carbons (Fsp3) is 0.250. The van der Waals surface area contributed by atoms with Gasteiger partial charge in [-0.3, -0.25) is 10.1 Å². The van der Waals surface area contributed by atoms with Crippen molar-refractivity contribution in [3.63, 3.8) is 0 Å². The standard InChI is InChI=1S/C16H17NO2/c1-2-13-3-7-15(8-4-13)16-9-5-14(6-10-16)11-12-17(18)19/h3-10H,2,11-12H2,1H3. The summed E-state index contributed by atoms with van der Waals surface area (Å²) in [4.78, 5) is 10.0. The Morgan fingerprint density at radius 3 is 1.79 bits per heavy atom. The Morgan fingerprint density at radius 1 is 0.895 bits per heavy atom. The quantitative estimate of drug-likeness (QED) is 0.603. The molecule has 0 atom stereocenters.